The van der Waals surface area contributed by atoms with Crippen LogP contribution in [0.3, 0.4) is 0 Å². The summed E-state index contributed by atoms with van der Waals surface area (Å²) in [5.74, 6) is 0.741. The molecule has 2 aliphatic carbocycles. The molecule has 2 rings (SSSR count). The van der Waals surface area contributed by atoms with E-state index in [1.54, 1.807) is 0 Å². The van der Waals surface area contributed by atoms with Crippen LogP contribution in [0, 0.1) is 17.8 Å². The normalized spacial score (nSPS) is 42.4. The van der Waals surface area contributed by atoms with Gasteiger partial charge >= 0.3 is 5.97 Å². The van der Waals surface area contributed by atoms with Crippen molar-refractivity contribution in [1.82, 2.24) is 0 Å². The van der Waals surface area contributed by atoms with Gasteiger partial charge in [0.05, 0.1) is 5.92 Å². The first-order valence-electron chi connectivity index (χ1n) is 4.52. The van der Waals surface area contributed by atoms with E-state index in [-0.39, 0.29) is 5.92 Å². The van der Waals surface area contributed by atoms with Crippen LogP contribution in [0.4, 0.5) is 0 Å². The zero-order valence-corrected chi connectivity index (χ0v) is 6.62. The maximum atomic E-state index is 10.7. The van der Waals surface area contributed by atoms with E-state index in [1.165, 1.54) is 25.7 Å². The second-order valence-electron chi connectivity index (χ2n) is 3.88. The van der Waals surface area contributed by atoms with Gasteiger partial charge in [0.25, 0.3) is 0 Å². The molecule has 0 saturated heterocycles. The fourth-order valence-electron chi connectivity index (χ4n) is 2.87. The van der Waals surface area contributed by atoms with E-state index >= 15 is 0 Å². The van der Waals surface area contributed by atoms with Crippen molar-refractivity contribution < 1.29 is 9.90 Å². The Hall–Kier alpha value is -0.530. The molecule has 0 aromatic heterocycles. The van der Waals surface area contributed by atoms with Gasteiger partial charge in [-0.2, -0.15) is 0 Å². The Balaban J connectivity index is 2.08. The fraction of sp³-hybridized carbons (Fsp3) is 0.889. The summed E-state index contributed by atoms with van der Waals surface area (Å²) in [5, 5.41) is 8.86. The molecule has 2 nitrogen and oxygen atoms in total. The molecule has 0 bridgehead atoms. The zero-order chi connectivity index (χ0) is 7.84. The number of hydrogen-bond donors (Lipinski definition) is 1. The van der Waals surface area contributed by atoms with Gasteiger partial charge in [0.2, 0.25) is 0 Å². The number of carboxylic acid groups (broad SMARTS) is 1. The van der Waals surface area contributed by atoms with E-state index in [9.17, 15) is 4.79 Å². The Morgan fingerprint density at radius 1 is 1.18 bits per heavy atom. The second-order valence-corrected chi connectivity index (χ2v) is 3.88. The smallest absolute Gasteiger partial charge is 0.306 e. The highest BCUT2D eigenvalue weighted by Crippen LogP contribution is 2.47. The molecule has 11 heavy (non-hydrogen) atoms. The number of carbonyl (C=O) groups is 1. The zero-order valence-electron chi connectivity index (χ0n) is 6.62. The van der Waals surface area contributed by atoms with Crippen molar-refractivity contribution >= 4 is 5.97 Å². The van der Waals surface area contributed by atoms with Gasteiger partial charge in [-0.25, -0.2) is 0 Å². The first-order chi connectivity index (χ1) is 5.29. The van der Waals surface area contributed by atoms with Gasteiger partial charge in [-0.05, 0) is 31.1 Å². The summed E-state index contributed by atoms with van der Waals surface area (Å²) in [7, 11) is 0. The van der Waals surface area contributed by atoms with Gasteiger partial charge in [-0.15, -0.1) is 0 Å². The maximum Gasteiger partial charge on any atom is 0.306 e. The average molecular weight is 154 g/mol. The van der Waals surface area contributed by atoms with Gasteiger partial charge in [0.15, 0.2) is 0 Å². The van der Waals surface area contributed by atoms with E-state index in [0.29, 0.717) is 5.92 Å². The van der Waals surface area contributed by atoms with E-state index in [1.807, 2.05) is 0 Å². The van der Waals surface area contributed by atoms with Crippen LogP contribution in [-0.4, -0.2) is 11.1 Å². The third-order valence-electron chi connectivity index (χ3n) is 3.40. The summed E-state index contributed by atoms with van der Waals surface area (Å²) in [6.07, 6.45) is 5.82. The molecular weight excluding hydrogens is 140 g/mol. The Bertz CT molecular complexity index is 176. The molecule has 1 N–H and O–H groups in total. The molecule has 62 valence electrons. The molecule has 2 heteroatoms. The predicted octanol–water partition coefficient (Wildman–Crippen LogP) is 1.90. The lowest BCUT2D eigenvalue weighted by Gasteiger charge is -2.12. The topological polar surface area (TPSA) is 37.3 Å². The summed E-state index contributed by atoms with van der Waals surface area (Å²) in [6.45, 7) is 0. The van der Waals surface area contributed by atoms with Crippen molar-refractivity contribution in [3.63, 3.8) is 0 Å². The van der Waals surface area contributed by atoms with Crippen LogP contribution in [-0.2, 0) is 4.79 Å². The molecule has 0 spiro atoms. The van der Waals surface area contributed by atoms with Crippen LogP contribution in [0.2, 0.25) is 0 Å². The van der Waals surface area contributed by atoms with Crippen molar-refractivity contribution in [2.24, 2.45) is 17.8 Å². The van der Waals surface area contributed by atoms with Gasteiger partial charge in [-0.3, -0.25) is 4.79 Å². The fourth-order valence-corrected chi connectivity index (χ4v) is 2.87. The first-order valence-corrected chi connectivity index (χ1v) is 4.52. The second kappa shape index (κ2) is 2.50. The SMILES string of the molecule is O=C(O)[C@H]1CCC2CCCC21. The summed E-state index contributed by atoms with van der Waals surface area (Å²) in [6, 6.07) is 0. The van der Waals surface area contributed by atoms with Crippen molar-refractivity contribution in [2.45, 2.75) is 32.1 Å². The number of aliphatic carboxylic acids is 1. The van der Waals surface area contributed by atoms with Gasteiger partial charge in [-0.1, -0.05) is 12.8 Å². The Morgan fingerprint density at radius 3 is 2.73 bits per heavy atom. The molecule has 0 aromatic carbocycles. The number of fused-ring (bicyclic) bond motifs is 1. The molecule has 2 aliphatic rings. The van der Waals surface area contributed by atoms with E-state index in [2.05, 4.69) is 0 Å². The van der Waals surface area contributed by atoms with Crippen LogP contribution < -0.4 is 0 Å². The third kappa shape index (κ3) is 1.05. The lowest BCUT2D eigenvalue weighted by atomic mass is 9.92. The molecular formula is C9H14O2. The van der Waals surface area contributed by atoms with Crippen LogP contribution in [0.25, 0.3) is 0 Å². The summed E-state index contributed by atoms with van der Waals surface area (Å²) < 4.78 is 0. The Kier molecular flexibility index (Phi) is 1.63. The molecule has 0 amide bonds. The van der Waals surface area contributed by atoms with Crippen LogP contribution in [0.15, 0.2) is 0 Å². The highest BCUT2D eigenvalue weighted by Gasteiger charge is 2.42. The minimum absolute atomic E-state index is 0.00231. The Morgan fingerprint density at radius 2 is 2.00 bits per heavy atom. The highest BCUT2D eigenvalue weighted by molar-refractivity contribution is 5.70. The number of rotatable bonds is 1. The van der Waals surface area contributed by atoms with E-state index in [4.69, 9.17) is 5.11 Å². The first kappa shape index (κ1) is 7.14. The minimum atomic E-state index is -0.556. The van der Waals surface area contributed by atoms with Crippen molar-refractivity contribution in [2.75, 3.05) is 0 Å². The molecule has 0 heterocycles. The molecule has 2 unspecified atom stereocenters. The molecule has 0 aromatic rings. The molecule has 3 atom stereocenters. The van der Waals surface area contributed by atoms with E-state index in [0.717, 1.165) is 12.3 Å². The number of carboxylic acids is 1. The standard InChI is InChI=1S/C9H14O2/c10-9(11)8-5-4-6-2-1-3-7(6)8/h6-8H,1-5H2,(H,10,11)/t6?,7?,8-/m0/s1. The lowest BCUT2D eigenvalue weighted by Crippen LogP contribution is -2.18. The summed E-state index contributed by atoms with van der Waals surface area (Å²) in [4.78, 5) is 10.7. The van der Waals surface area contributed by atoms with E-state index < -0.39 is 5.97 Å². The van der Waals surface area contributed by atoms with Crippen LogP contribution >= 0.6 is 0 Å². The van der Waals surface area contributed by atoms with Crippen LogP contribution in [0.1, 0.15) is 32.1 Å². The summed E-state index contributed by atoms with van der Waals surface area (Å²) in [5.41, 5.74) is 0. The largest absolute Gasteiger partial charge is 0.481 e. The molecule has 0 aliphatic heterocycles. The molecule has 2 saturated carbocycles. The predicted molar refractivity (Wildman–Crippen MR) is 41.2 cm³/mol. The van der Waals surface area contributed by atoms with Gasteiger partial charge in [0, 0.05) is 0 Å². The maximum absolute atomic E-state index is 10.7. The van der Waals surface area contributed by atoms with Crippen molar-refractivity contribution in [1.29, 1.82) is 0 Å². The Labute approximate surface area is 66.6 Å². The monoisotopic (exact) mass is 154 g/mol. The molecule has 0 radical (unpaired) electrons. The average Bonchev–Trinajstić information content (AvgIpc) is 2.41. The summed E-state index contributed by atoms with van der Waals surface area (Å²) >= 11 is 0. The van der Waals surface area contributed by atoms with Gasteiger partial charge < -0.3 is 5.11 Å². The molecule has 2 fully saturated rings. The highest BCUT2D eigenvalue weighted by atomic mass is 16.4. The quantitative estimate of drug-likeness (QED) is 0.626. The third-order valence-corrected chi connectivity index (χ3v) is 3.40. The lowest BCUT2D eigenvalue weighted by molar-refractivity contribution is -0.143. The van der Waals surface area contributed by atoms with Crippen molar-refractivity contribution in [3.8, 4) is 0 Å². The van der Waals surface area contributed by atoms with Gasteiger partial charge in [0.1, 0.15) is 0 Å². The minimum Gasteiger partial charge on any atom is -0.481 e. The van der Waals surface area contributed by atoms with Crippen LogP contribution in [0.5, 0.6) is 0 Å². The van der Waals surface area contributed by atoms with Crippen molar-refractivity contribution in [3.05, 3.63) is 0 Å². The number of hydrogen-bond acceptors (Lipinski definition) is 1.